The molecule has 2 aromatic heterocycles. The second kappa shape index (κ2) is 5.20. The monoisotopic (exact) mass is 289 g/mol. The first-order valence-electron chi connectivity index (χ1n) is 6.61. The van der Waals surface area contributed by atoms with Crippen molar-refractivity contribution < 1.29 is 9.59 Å². The summed E-state index contributed by atoms with van der Waals surface area (Å²) >= 11 is 1.22. The fraction of sp³-hybridized carbons (Fsp3) is 0.357. The molecule has 1 aliphatic heterocycles. The number of anilines is 1. The number of imidazole rings is 1. The Labute approximate surface area is 120 Å². The predicted octanol–water partition coefficient (Wildman–Crippen LogP) is 2.74. The molecule has 0 saturated heterocycles. The van der Waals surface area contributed by atoms with Gasteiger partial charge in [0.1, 0.15) is 11.6 Å². The molecule has 104 valence electrons. The minimum absolute atomic E-state index is 0.0178. The van der Waals surface area contributed by atoms with Crippen LogP contribution in [-0.2, 0) is 13.0 Å². The molecule has 1 aliphatic rings. The topological polar surface area (TPSA) is 64.0 Å². The first kappa shape index (κ1) is 13.1. The molecule has 0 atom stereocenters. The molecule has 0 radical (unpaired) electrons. The summed E-state index contributed by atoms with van der Waals surface area (Å²) in [7, 11) is 0. The Hall–Kier alpha value is -1.95. The van der Waals surface area contributed by atoms with Crippen molar-refractivity contribution in [2.24, 2.45) is 0 Å². The average Bonchev–Trinajstić information content (AvgIpc) is 3.06. The first-order chi connectivity index (χ1) is 9.65. The third kappa shape index (κ3) is 2.38. The lowest BCUT2D eigenvalue weighted by atomic mass is 10.2. The molecule has 3 rings (SSSR count). The second-order valence-corrected chi connectivity index (χ2v) is 5.93. The van der Waals surface area contributed by atoms with Crippen molar-refractivity contribution in [3.05, 3.63) is 33.9 Å². The van der Waals surface area contributed by atoms with E-state index in [2.05, 4.69) is 14.9 Å². The lowest BCUT2D eigenvalue weighted by Crippen LogP contribution is -2.17. The van der Waals surface area contributed by atoms with Gasteiger partial charge >= 0.3 is 0 Å². The van der Waals surface area contributed by atoms with E-state index in [1.807, 2.05) is 0 Å². The van der Waals surface area contributed by atoms with E-state index in [9.17, 15) is 9.59 Å². The lowest BCUT2D eigenvalue weighted by Gasteiger charge is -2.16. The van der Waals surface area contributed by atoms with E-state index >= 15 is 0 Å². The first-order valence-corrected chi connectivity index (χ1v) is 7.43. The second-order valence-electron chi connectivity index (χ2n) is 4.84. The van der Waals surface area contributed by atoms with Gasteiger partial charge in [-0.05, 0) is 31.9 Å². The molecule has 0 aromatic carbocycles. The number of hydrogen-bond donors (Lipinski definition) is 1. The van der Waals surface area contributed by atoms with Gasteiger partial charge in [0.15, 0.2) is 5.78 Å². The largest absolute Gasteiger partial charge is 0.315 e. The van der Waals surface area contributed by atoms with Crippen LogP contribution in [-0.4, -0.2) is 21.2 Å². The highest BCUT2D eigenvalue weighted by molar-refractivity contribution is 7.16. The summed E-state index contributed by atoms with van der Waals surface area (Å²) in [6, 6.07) is 3.37. The fourth-order valence-electron chi connectivity index (χ4n) is 2.34. The van der Waals surface area contributed by atoms with E-state index in [1.165, 1.54) is 18.3 Å². The number of carbonyl (C=O) groups excluding carboxylic acids is 2. The van der Waals surface area contributed by atoms with Crippen LogP contribution in [0.2, 0.25) is 0 Å². The van der Waals surface area contributed by atoms with Crippen LogP contribution in [0.25, 0.3) is 0 Å². The summed E-state index contributed by atoms with van der Waals surface area (Å²) in [6.45, 7) is 2.40. The van der Waals surface area contributed by atoms with Gasteiger partial charge in [-0.2, -0.15) is 0 Å². The Balaban J connectivity index is 1.78. The van der Waals surface area contributed by atoms with Crippen molar-refractivity contribution in [2.75, 3.05) is 5.32 Å². The van der Waals surface area contributed by atoms with Crippen molar-refractivity contribution >= 4 is 28.8 Å². The third-order valence-electron chi connectivity index (χ3n) is 3.39. The van der Waals surface area contributed by atoms with E-state index in [-0.39, 0.29) is 11.7 Å². The van der Waals surface area contributed by atoms with Crippen LogP contribution in [0.5, 0.6) is 0 Å². The third-order valence-corrected chi connectivity index (χ3v) is 4.57. The highest BCUT2D eigenvalue weighted by Gasteiger charge is 2.17. The van der Waals surface area contributed by atoms with Crippen LogP contribution in [0.3, 0.4) is 0 Å². The number of Topliss-reactive ketones (excluding diaryl/α,β-unsaturated/α-hetero) is 1. The zero-order chi connectivity index (χ0) is 14.1. The van der Waals surface area contributed by atoms with E-state index < -0.39 is 0 Å². The van der Waals surface area contributed by atoms with Gasteiger partial charge in [-0.15, -0.1) is 11.3 Å². The summed E-state index contributed by atoms with van der Waals surface area (Å²) in [5, 5.41) is 2.88. The van der Waals surface area contributed by atoms with Crippen molar-refractivity contribution in [3.8, 4) is 0 Å². The number of aromatic nitrogens is 2. The normalized spacial score (nSPS) is 13.8. The summed E-state index contributed by atoms with van der Waals surface area (Å²) in [5.41, 5.74) is 0. The minimum atomic E-state index is -0.184. The molecule has 0 unspecified atom stereocenters. The maximum atomic E-state index is 12.2. The zero-order valence-corrected chi connectivity index (χ0v) is 12.0. The van der Waals surface area contributed by atoms with Gasteiger partial charge in [0.25, 0.3) is 5.91 Å². The van der Waals surface area contributed by atoms with Crippen molar-refractivity contribution in [1.82, 2.24) is 9.55 Å². The molecule has 6 heteroatoms. The van der Waals surface area contributed by atoms with Gasteiger partial charge in [-0.3, -0.25) is 9.59 Å². The number of amides is 1. The van der Waals surface area contributed by atoms with Crippen LogP contribution in [0.15, 0.2) is 18.3 Å². The van der Waals surface area contributed by atoms with E-state index in [0.29, 0.717) is 9.75 Å². The van der Waals surface area contributed by atoms with Gasteiger partial charge < -0.3 is 9.88 Å². The molecule has 3 heterocycles. The number of aryl methyl sites for hydroxylation is 1. The number of fused-ring (bicyclic) bond motifs is 1. The predicted molar refractivity (Wildman–Crippen MR) is 77.4 cm³/mol. The molecule has 1 amide bonds. The molecule has 0 saturated carbocycles. The Kier molecular flexibility index (Phi) is 3.40. The van der Waals surface area contributed by atoms with Gasteiger partial charge in [-0.1, -0.05) is 0 Å². The van der Waals surface area contributed by atoms with Crippen LogP contribution >= 0.6 is 11.3 Å². The van der Waals surface area contributed by atoms with E-state index in [0.717, 1.165) is 37.4 Å². The molecular weight excluding hydrogens is 274 g/mol. The molecule has 0 bridgehead atoms. The van der Waals surface area contributed by atoms with Gasteiger partial charge in [0.05, 0.1) is 16.0 Å². The number of ketones is 1. The smallest absolute Gasteiger partial charge is 0.266 e. The number of thiophene rings is 1. The van der Waals surface area contributed by atoms with Crippen LogP contribution in [0.4, 0.5) is 5.82 Å². The molecule has 20 heavy (non-hydrogen) atoms. The lowest BCUT2D eigenvalue weighted by molar-refractivity contribution is 0.101. The fourth-order valence-corrected chi connectivity index (χ4v) is 3.14. The molecular formula is C14H15N3O2S. The number of nitrogens with zero attached hydrogens (tertiary/aromatic N) is 2. The Morgan fingerprint density at radius 1 is 1.30 bits per heavy atom. The summed E-state index contributed by atoms with van der Waals surface area (Å²) in [5.74, 6) is 1.57. The van der Waals surface area contributed by atoms with Crippen molar-refractivity contribution in [2.45, 2.75) is 32.7 Å². The van der Waals surface area contributed by atoms with Gasteiger partial charge in [0, 0.05) is 13.0 Å². The van der Waals surface area contributed by atoms with Crippen molar-refractivity contribution in [3.63, 3.8) is 0 Å². The Morgan fingerprint density at radius 3 is 2.85 bits per heavy atom. The highest BCUT2D eigenvalue weighted by Crippen LogP contribution is 2.22. The minimum Gasteiger partial charge on any atom is -0.315 e. The van der Waals surface area contributed by atoms with Crippen LogP contribution in [0.1, 0.15) is 44.9 Å². The van der Waals surface area contributed by atoms with Gasteiger partial charge in [0.2, 0.25) is 0 Å². The zero-order valence-electron chi connectivity index (χ0n) is 11.2. The number of hydrogen-bond acceptors (Lipinski definition) is 4. The molecule has 2 aromatic rings. The maximum Gasteiger partial charge on any atom is 0.266 e. The van der Waals surface area contributed by atoms with Crippen LogP contribution in [0, 0.1) is 0 Å². The van der Waals surface area contributed by atoms with Crippen LogP contribution < -0.4 is 5.32 Å². The number of carbonyl (C=O) groups is 2. The van der Waals surface area contributed by atoms with E-state index in [1.54, 1.807) is 18.3 Å². The standard InChI is InChI=1S/C14H15N3O2S/c1-9(18)10-5-6-11(20-10)14(19)16-13-8-15-12-4-2-3-7-17(12)13/h5-6,8H,2-4,7H2,1H3,(H,16,19). The SMILES string of the molecule is CC(=O)c1ccc(C(=O)Nc2cnc3n2CCCC3)s1. The molecule has 5 nitrogen and oxygen atoms in total. The Morgan fingerprint density at radius 2 is 2.10 bits per heavy atom. The van der Waals surface area contributed by atoms with Crippen molar-refractivity contribution in [1.29, 1.82) is 0 Å². The average molecular weight is 289 g/mol. The quantitative estimate of drug-likeness (QED) is 0.884. The number of nitrogens with one attached hydrogen (secondary N) is 1. The highest BCUT2D eigenvalue weighted by atomic mass is 32.1. The number of rotatable bonds is 3. The van der Waals surface area contributed by atoms with Gasteiger partial charge in [-0.25, -0.2) is 4.98 Å². The molecule has 0 fully saturated rings. The molecule has 0 aliphatic carbocycles. The summed E-state index contributed by atoms with van der Waals surface area (Å²) in [6.07, 6.45) is 4.93. The van der Waals surface area contributed by atoms with E-state index in [4.69, 9.17) is 0 Å². The Bertz CT molecular complexity index is 672. The summed E-state index contributed by atoms with van der Waals surface area (Å²) < 4.78 is 2.06. The maximum absolute atomic E-state index is 12.2. The molecule has 0 spiro atoms. The molecule has 1 N–H and O–H groups in total. The summed E-state index contributed by atoms with van der Waals surface area (Å²) in [4.78, 5) is 28.9.